The van der Waals surface area contributed by atoms with Crippen LogP contribution in [0.4, 0.5) is 0 Å². The quantitative estimate of drug-likeness (QED) is 0.600. The van der Waals surface area contributed by atoms with Crippen LogP contribution in [0.25, 0.3) is 0 Å². The van der Waals surface area contributed by atoms with Gasteiger partial charge in [-0.25, -0.2) is 5.43 Å². The van der Waals surface area contributed by atoms with Crippen LogP contribution in [0.2, 0.25) is 0 Å². The number of hydrogen-bond acceptors (Lipinski definition) is 3. The molecule has 0 aliphatic heterocycles. The topological polar surface area (TPSA) is 78.8 Å². The molecule has 0 bridgehead atoms. The van der Waals surface area contributed by atoms with Crippen LogP contribution in [0.15, 0.2) is 64.2 Å². The minimum absolute atomic E-state index is 0.0551. The lowest BCUT2D eigenvalue weighted by atomic mass is 10.1. The van der Waals surface area contributed by atoms with Gasteiger partial charge in [-0.1, -0.05) is 52.3 Å². The molecule has 0 saturated heterocycles. The highest BCUT2D eigenvalue weighted by atomic mass is 79.9. The van der Waals surface area contributed by atoms with E-state index in [4.69, 9.17) is 5.11 Å². The maximum Gasteiger partial charge on any atom is 0.303 e. The van der Waals surface area contributed by atoms with Crippen LogP contribution in [-0.4, -0.2) is 22.7 Å². The summed E-state index contributed by atoms with van der Waals surface area (Å²) in [6.07, 6.45) is 0.179. The summed E-state index contributed by atoms with van der Waals surface area (Å²) in [6, 6.07) is 16.1. The normalized spacial score (nSPS) is 11.1. The molecule has 118 valence electrons. The molecule has 0 aromatic heterocycles. The maximum absolute atomic E-state index is 12.1. The summed E-state index contributed by atoms with van der Waals surface area (Å²) < 4.78 is 0.795. The van der Waals surface area contributed by atoms with Crippen LogP contribution < -0.4 is 5.43 Å². The number of rotatable bonds is 6. The fourth-order valence-corrected chi connectivity index (χ4v) is 2.33. The average molecular weight is 375 g/mol. The minimum atomic E-state index is -0.910. The molecule has 0 fully saturated rings. The molecule has 2 aromatic carbocycles. The van der Waals surface area contributed by atoms with Crippen molar-refractivity contribution in [1.82, 2.24) is 5.43 Å². The lowest BCUT2D eigenvalue weighted by molar-refractivity contribution is -0.136. The molecule has 0 heterocycles. The Labute approximate surface area is 142 Å². The molecule has 0 aliphatic carbocycles. The highest BCUT2D eigenvalue weighted by molar-refractivity contribution is 9.10. The van der Waals surface area contributed by atoms with Crippen molar-refractivity contribution in [3.05, 3.63) is 70.2 Å². The summed E-state index contributed by atoms with van der Waals surface area (Å²) in [4.78, 5) is 22.9. The van der Waals surface area contributed by atoms with Crippen molar-refractivity contribution in [2.45, 2.75) is 12.8 Å². The molecule has 6 heteroatoms. The first-order valence-electron chi connectivity index (χ1n) is 6.96. The number of hydrazone groups is 1. The fourth-order valence-electron chi connectivity index (χ4n) is 1.93. The van der Waals surface area contributed by atoms with E-state index < -0.39 is 5.97 Å². The molecule has 2 aromatic rings. The van der Waals surface area contributed by atoms with E-state index in [1.807, 2.05) is 36.4 Å². The van der Waals surface area contributed by atoms with E-state index in [1.54, 1.807) is 18.2 Å². The highest BCUT2D eigenvalue weighted by Crippen LogP contribution is 2.12. The van der Waals surface area contributed by atoms with Gasteiger partial charge in [0.25, 0.3) is 5.91 Å². The third kappa shape index (κ3) is 5.34. The van der Waals surface area contributed by atoms with Crippen molar-refractivity contribution < 1.29 is 14.7 Å². The van der Waals surface area contributed by atoms with E-state index in [0.717, 1.165) is 10.0 Å². The Hall–Kier alpha value is -2.47. The van der Waals surface area contributed by atoms with Gasteiger partial charge >= 0.3 is 5.97 Å². The van der Waals surface area contributed by atoms with Crippen molar-refractivity contribution in [2.24, 2.45) is 5.10 Å². The number of carbonyl (C=O) groups excluding carboxylic acids is 1. The number of nitrogens with one attached hydrogen (secondary N) is 1. The minimum Gasteiger partial charge on any atom is -0.481 e. The second-order valence-electron chi connectivity index (χ2n) is 4.77. The van der Waals surface area contributed by atoms with Gasteiger partial charge in [0, 0.05) is 16.5 Å². The number of aliphatic carboxylic acids is 1. The largest absolute Gasteiger partial charge is 0.481 e. The fraction of sp³-hybridized carbons (Fsp3) is 0.118. The van der Waals surface area contributed by atoms with Crippen molar-refractivity contribution >= 4 is 33.5 Å². The lowest BCUT2D eigenvalue weighted by Gasteiger charge is -2.07. The van der Waals surface area contributed by atoms with Gasteiger partial charge in [0.05, 0.1) is 12.1 Å². The molecule has 0 radical (unpaired) electrons. The van der Waals surface area contributed by atoms with Gasteiger partial charge in [0.2, 0.25) is 0 Å². The molecular weight excluding hydrogens is 360 g/mol. The molecule has 0 aliphatic rings. The third-order valence-corrected chi connectivity index (χ3v) is 3.56. The Kier molecular flexibility index (Phi) is 6.05. The summed E-state index contributed by atoms with van der Waals surface area (Å²) in [5, 5.41) is 13.0. The summed E-state index contributed by atoms with van der Waals surface area (Å²) in [5.74, 6) is -1.26. The van der Waals surface area contributed by atoms with Crippen LogP contribution >= 0.6 is 15.9 Å². The number of halogens is 1. The number of carbonyl (C=O) groups is 2. The van der Waals surface area contributed by atoms with E-state index >= 15 is 0 Å². The molecule has 0 unspecified atom stereocenters. The zero-order valence-corrected chi connectivity index (χ0v) is 13.8. The van der Waals surface area contributed by atoms with Gasteiger partial charge in [0.1, 0.15) is 0 Å². The highest BCUT2D eigenvalue weighted by Gasteiger charge is 2.09. The zero-order chi connectivity index (χ0) is 16.7. The average Bonchev–Trinajstić information content (AvgIpc) is 2.55. The monoisotopic (exact) mass is 374 g/mol. The van der Waals surface area contributed by atoms with Gasteiger partial charge in [-0.2, -0.15) is 5.10 Å². The van der Waals surface area contributed by atoms with Gasteiger partial charge in [-0.15, -0.1) is 0 Å². The van der Waals surface area contributed by atoms with Crippen LogP contribution in [0.1, 0.15) is 28.8 Å². The number of carboxylic acid groups (broad SMARTS) is 1. The van der Waals surface area contributed by atoms with E-state index in [9.17, 15) is 9.59 Å². The van der Waals surface area contributed by atoms with Crippen molar-refractivity contribution in [1.29, 1.82) is 0 Å². The number of hydrogen-bond donors (Lipinski definition) is 2. The Morgan fingerprint density at radius 1 is 1.00 bits per heavy atom. The molecular formula is C17H15BrN2O3. The van der Waals surface area contributed by atoms with Crippen LogP contribution in [0.3, 0.4) is 0 Å². The Morgan fingerprint density at radius 3 is 2.35 bits per heavy atom. The summed E-state index contributed by atoms with van der Waals surface area (Å²) in [6.45, 7) is 0. The summed E-state index contributed by atoms with van der Waals surface area (Å²) in [7, 11) is 0. The maximum atomic E-state index is 12.1. The molecule has 0 saturated carbocycles. The van der Waals surface area contributed by atoms with Gasteiger partial charge in [0.15, 0.2) is 0 Å². The van der Waals surface area contributed by atoms with Gasteiger partial charge in [-0.05, 0) is 23.8 Å². The number of carboxylic acids is 1. The molecule has 2 rings (SSSR count). The first kappa shape index (κ1) is 16.9. The molecule has 23 heavy (non-hydrogen) atoms. The van der Waals surface area contributed by atoms with Crippen LogP contribution in [0, 0.1) is 0 Å². The van der Waals surface area contributed by atoms with Crippen molar-refractivity contribution in [3.8, 4) is 0 Å². The predicted octanol–water partition coefficient (Wildman–Crippen LogP) is 3.45. The molecule has 2 N–H and O–H groups in total. The smallest absolute Gasteiger partial charge is 0.303 e. The first-order valence-corrected chi connectivity index (χ1v) is 7.75. The van der Waals surface area contributed by atoms with E-state index in [1.165, 1.54) is 0 Å². The first-order chi connectivity index (χ1) is 11.1. The lowest BCUT2D eigenvalue weighted by Crippen LogP contribution is -2.20. The standard InChI is InChI=1S/C17H15BrN2O3/c18-14-8-4-7-13(11-14)17(23)20-19-15(9-10-16(21)22)12-5-2-1-3-6-12/h1-8,11H,9-10H2,(H,20,23)(H,21,22)/b19-15-. The second kappa shape index (κ2) is 8.24. The zero-order valence-electron chi connectivity index (χ0n) is 12.2. The number of benzene rings is 2. The molecule has 0 spiro atoms. The van der Waals surface area contributed by atoms with Crippen LogP contribution in [-0.2, 0) is 4.79 Å². The van der Waals surface area contributed by atoms with Crippen molar-refractivity contribution in [2.75, 3.05) is 0 Å². The molecule has 5 nitrogen and oxygen atoms in total. The van der Waals surface area contributed by atoms with E-state index in [0.29, 0.717) is 11.3 Å². The van der Waals surface area contributed by atoms with Gasteiger partial charge in [-0.3, -0.25) is 9.59 Å². The molecule has 0 atom stereocenters. The van der Waals surface area contributed by atoms with Crippen LogP contribution in [0.5, 0.6) is 0 Å². The predicted molar refractivity (Wildman–Crippen MR) is 91.5 cm³/mol. The second-order valence-corrected chi connectivity index (χ2v) is 5.69. The Morgan fingerprint density at radius 2 is 1.70 bits per heavy atom. The third-order valence-electron chi connectivity index (χ3n) is 3.06. The summed E-state index contributed by atoms with van der Waals surface area (Å²) in [5.41, 5.74) is 4.26. The van der Waals surface area contributed by atoms with Crippen molar-refractivity contribution in [3.63, 3.8) is 0 Å². The molecule has 1 amide bonds. The summed E-state index contributed by atoms with van der Waals surface area (Å²) >= 11 is 3.31. The Balaban J connectivity index is 2.16. The van der Waals surface area contributed by atoms with E-state index in [2.05, 4.69) is 26.5 Å². The van der Waals surface area contributed by atoms with E-state index in [-0.39, 0.29) is 18.7 Å². The number of amides is 1. The Bertz CT molecular complexity index is 730. The SMILES string of the molecule is O=C(O)CC/C(=N/NC(=O)c1cccc(Br)c1)c1ccccc1. The van der Waals surface area contributed by atoms with Gasteiger partial charge < -0.3 is 5.11 Å². The number of nitrogens with zero attached hydrogens (tertiary/aromatic N) is 1.